The highest BCUT2D eigenvalue weighted by molar-refractivity contribution is 5.79. The molecule has 172 valence electrons. The summed E-state index contributed by atoms with van der Waals surface area (Å²) >= 11 is 0. The van der Waals surface area contributed by atoms with E-state index in [1.165, 1.54) is 12.1 Å². The number of carbonyl (C=O) groups is 1. The molecule has 2 fully saturated rings. The zero-order valence-corrected chi connectivity index (χ0v) is 17.9. The molecule has 0 spiro atoms. The Hall–Kier alpha value is -2.88. The largest absolute Gasteiger partial charge is 0.416 e. The lowest BCUT2D eigenvalue weighted by Crippen LogP contribution is -2.49. The summed E-state index contributed by atoms with van der Waals surface area (Å²) in [5, 5.41) is 0. The average Bonchev–Trinajstić information content (AvgIpc) is 2.79. The molecule has 2 aromatic rings. The van der Waals surface area contributed by atoms with Gasteiger partial charge in [-0.15, -0.1) is 0 Å². The van der Waals surface area contributed by atoms with Crippen molar-refractivity contribution >= 4 is 17.5 Å². The molecule has 0 radical (unpaired) electrons. The normalized spacial score (nSPS) is 17.6. The highest BCUT2D eigenvalue weighted by Gasteiger charge is 2.30. The summed E-state index contributed by atoms with van der Waals surface area (Å²) in [6.45, 7) is 7.16. The number of alkyl halides is 3. The number of hydrogen-bond donors (Lipinski definition) is 0. The van der Waals surface area contributed by atoms with Crippen molar-refractivity contribution < 1.29 is 22.7 Å². The summed E-state index contributed by atoms with van der Waals surface area (Å²) in [4.78, 5) is 27.9. The zero-order chi connectivity index (χ0) is 22.7. The zero-order valence-electron chi connectivity index (χ0n) is 17.9. The van der Waals surface area contributed by atoms with E-state index in [9.17, 15) is 18.0 Å². The predicted molar refractivity (Wildman–Crippen MR) is 114 cm³/mol. The minimum absolute atomic E-state index is 0.0858. The van der Waals surface area contributed by atoms with Crippen molar-refractivity contribution in [3.8, 4) is 0 Å². The first-order valence-electron chi connectivity index (χ1n) is 10.7. The Balaban J connectivity index is 1.34. The summed E-state index contributed by atoms with van der Waals surface area (Å²) in [5.74, 6) is 2.34. The Morgan fingerprint density at radius 1 is 0.938 bits per heavy atom. The molecule has 32 heavy (non-hydrogen) atoms. The van der Waals surface area contributed by atoms with Crippen LogP contribution in [0.4, 0.5) is 24.8 Å². The molecule has 0 bridgehead atoms. The van der Waals surface area contributed by atoms with E-state index in [0.29, 0.717) is 50.8 Å². The maximum atomic E-state index is 12.7. The SMILES string of the molecule is Cc1nc(N2CCOCC2)cc(N2CCN(C(=O)Cc3ccc(C(F)(F)F)cc3)CC2)n1. The third-order valence-electron chi connectivity index (χ3n) is 5.74. The van der Waals surface area contributed by atoms with Crippen molar-refractivity contribution in [3.05, 3.63) is 47.3 Å². The van der Waals surface area contributed by atoms with Crippen LogP contribution in [-0.2, 0) is 22.1 Å². The van der Waals surface area contributed by atoms with Gasteiger partial charge in [0.2, 0.25) is 5.91 Å². The molecule has 2 aliphatic heterocycles. The van der Waals surface area contributed by atoms with Crippen LogP contribution in [-0.4, -0.2) is 73.3 Å². The number of rotatable bonds is 4. The van der Waals surface area contributed by atoms with Gasteiger partial charge in [0.1, 0.15) is 17.5 Å². The van der Waals surface area contributed by atoms with E-state index in [1.807, 2.05) is 13.0 Å². The molecule has 10 heteroatoms. The van der Waals surface area contributed by atoms with Gasteiger partial charge in [-0.2, -0.15) is 13.2 Å². The lowest BCUT2D eigenvalue weighted by Gasteiger charge is -2.36. The molecule has 7 nitrogen and oxygen atoms in total. The maximum Gasteiger partial charge on any atom is 0.416 e. The predicted octanol–water partition coefficient (Wildman–Crippen LogP) is 2.53. The summed E-state index contributed by atoms with van der Waals surface area (Å²) < 4.78 is 43.5. The average molecular weight is 449 g/mol. The number of aromatic nitrogens is 2. The molecule has 1 aromatic heterocycles. The van der Waals surface area contributed by atoms with Crippen LogP contribution >= 0.6 is 0 Å². The number of nitrogens with zero attached hydrogens (tertiary/aromatic N) is 5. The molecule has 1 aromatic carbocycles. The van der Waals surface area contributed by atoms with Crippen LogP contribution in [0.25, 0.3) is 0 Å². The molecule has 2 aliphatic rings. The van der Waals surface area contributed by atoms with E-state index < -0.39 is 11.7 Å². The van der Waals surface area contributed by atoms with Crippen LogP contribution in [0.15, 0.2) is 30.3 Å². The quantitative estimate of drug-likeness (QED) is 0.715. The fourth-order valence-corrected chi connectivity index (χ4v) is 3.94. The van der Waals surface area contributed by atoms with Gasteiger partial charge in [0.15, 0.2) is 0 Å². The maximum absolute atomic E-state index is 12.7. The Labute approximate surface area is 184 Å². The van der Waals surface area contributed by atoms with Gasteiger partial charge in [-0.1, -0.05) is 12.1 Å². The molecule has 0 aliphatic carbocycles. The van der Waals surface area contributed by atoms with Crippen molar-refractivity contribution in [2.24, 2.45) is 0 Å². The second-order valence-electron chi connectivity index (χ2n) is 7.97. The number of anilines is 2. The molecule has 0 unspecified atom stereocenters. The van der Waals surface area contributed by atoms with Crippen LogP contribution in [0.2, 0.25) is 0 Å². The number of halogens is 3. The summed E-state index contributed by atoms with van der Waals surface area (Å²) in [7, 11) is 0. The third kappa shape index (κ3) is 5.29. The smallest absolute Gasteiger partial charge is 0.378 e. The van der Waals surface area contributed by atoms with E-state index in [-0.39, 0.29) is 12.3 Å². The van der Waals surface area contributed by atoms with Crippen molar-refractivity contribution in [2.75, 3.05) is 62.3 Å². The second-order valence-corrected chi connectivity index (χ2v) is 7.97. The highest BCUT2D eigenvalue weighted by Crippen LogP contribution is 2.29. The monoisotopic (exact) mass is 449 g/mol. The fraction of sp³-hybridized carbons (Fsp3) is 0.500. The van der Waals surface area contributed by atoms with Crippen LogP contribution in [0.3, 0.4) is 0 Å². The van der Waals surface area contributed by atoms with Crippen LogP contribution < -0.4 is 9.80 Å². The van der Waals surface area contributed by atoms with Crippen molar-refractivity contribution in [3.63, 3.8) is 0 Å². The standard InChI is InChI=1S/C22H26F3N5O2/c1-16-26-19(15-20(27-16)29-10-12-32-13-11-29)28-6-8-30(9-7-28)21(31)14-17-2-4-18(5-3-17)22(23,24)25/h2-5,15H,6-14H2,1H3. The minimum Gasteiger partial charge on any atom is -0.378 e. The first kappa shape index (κ1) is 22.3. The van der Waals surface area contributed by atoms with Gasteiger partial charge in [-0.05, 0) is 24.6 Å². The third-order valence-corrected chi connectivity index (χ3v) is 5.74. The number of piperazine rings is 1. The highest BCUT2D eigenvalue weighted by atomic mass is 19.4. The van der Waals surface area contributed by atoms with Gasteiger partial charge in [0, 0.05) is 45.3 Å². The Morgan fingerprint density at radius 2 is 1.50 bits per heavy atom. The molecule has 0 saturated carbocycles. The fourth-order valence-electron chi connectivity index (χ4n) is 3.94. The number of morpholine rings is 1. The Bertz CT molecular complexity index is 938. The van der Waals surface area contributed by atoms with Crippen LogP contribution in [0.5, 0.6) is 0 Å². The lowest BCUT2D eigenvalue weighted by molar-refractivity contribution is -0.137. The van der Waals surface area contributed by atoms with E-state index >= 15 is 0 Å². The Kier molecular flexibility index (Phi) is 6.50. The van der Waals surface area contributed by atoms with Crippen molar-refractivity contribution in [1.82, 2.24) is 14.9 Å². The lowest BCUT2D eigenvalue weighted by atomic mass is 10.1. The van der Waals surface area contributed by atoms with Crippen LogP contribution in [0.1, 0.15) is 17.0 Å². The number of hydrogen-bond acceptors (Lipinski definition) is 6. The molecular formula is C22H26F3N5O2. The van der Waals surface area contributed by atoms with E-state index in [4.69, 9.17) is 4.74 Å². The van der Waals surface area contributed by atoms with Crippen molar-refractivity contribution in [1.29, 1.82) is 0 Å². The summed E-state index contributed by atoms with van der Waals surface area (Å²) in [6.07, 6.45) is -4.29. The number of benzene rings is 1. The number of carbonyl (C=O) groups excluding carboxylic acids is 1. The van der Waals surface area contributed by atoms with E-state index in [0.717, 1.165) is 36.9 Å². The van der Waals surface area contributed by atoms with Gasteiger partial charge in [-0.3, -0.25) is 4.79 Å². The molecule has 3 heterocycles. The van der Waals surface area contributed by atoms with Gasteiger partial charge < -0.3 is 19.4 Å². The number of ether oxygens (including phenoxy) is 1. The van der Waals surface area contributed by atoms with Gasteiger partial charge in [-0.25, -0.2) is 9.97 Å². The van der Waals surface area contributed by atoms with Crippen molar-refractivity contribution in [2.45, 2.75) is 19.5 Å². The molecule has 0 atom stereocenters. The summed E-state index contributed by atoms with van der Waals surface area (Å²) in [6, 6.07) is 6.76. The van der Waals surface area contributed by atoms with Gasteiger partial charge in [0.05, 0.1) is 25.2 Å². The Morgan fingerprint density at radius 3 is 2.06 bits per heavy atom. The molecule has 0 N–H and O–H groups in total. The minimum atomic E-state index is -4.38. The number of aryl methyl sites for hydroxylation is 1. The molecular weight excluding hydrogens is 423 g/mol. The number of amides is 1. The van der Waals surface area contributed by atoms with Crippen LogP contribution in [0, 0.1) is 6.92 Å². The molecule has 2 saturated heterocycles. The van der Waals surface area contributed by atoms with E-state index in [1.54, 1.807) is 4.90 Å². The topological polar surface area (TPSA) is 61.8 Å². The molecule has 4 rings (SSSR count). The first-order valence-corrected chi connectivity index (χ1v) is 10.7. The first-order chi connectivity index (χ1) is 15.3. The molecule has 1 amide bonds. The van der Waals surface area contributed by atoms with Gasteiger partial charge in [0.25, 0.3) is 0 Å². The summed E-state index contributed by atoms with van der Waals surface area (Å²) in [5.41, 5.74) is -0.133. The van der Waals surface area contributed by atoms with E-state index in [2.05, 4.69) is 19.8 Å². The van der Waals surface area contributed by atoms with Gasteiger partial charge >= 0.3 is 6.18 Å². The second kappa shape index (κ2) is 9.32.